The van der Waals surface area contributed by atoms with E-state index in [1.165, 1.54) is 54.3 Å². The number of Topliss-reactive ketones (excluding diaryl/α,β-unsaturated/α-hetero) is 1. The molecule has 1 atom stereocenters. The molecule has 0 fully saturated rings. The van der Waals surface area contributed by atoms with E-state index in [0.717, 1.165) is 10.6 Å². The molecule has 184 valence electrons. The van der Waals surface area contributed by atoms with E-state index >= 15 is 0 Å². The molecular formula is C24H30FN3O5S. The zero-order chi connectivity index (χ0) is 25.5. The predicted octanol–water partition coefficient (Wildman–Crippen LogP) is 2.74. The molecule has 0 bridgehead atoms. The van der Waals surface area contributed by atoms with Crippen LogP contribution in [-0.2, 0) is 26.2 Å². The van der Waals surface area contributed by atoms with Crippen molar-refractivity contribution in [1.82, 2.24) is 10.2 Å². The van der Waals surface area contributed by atoms with Gasteiger partial charge in [-0.15, -0.1) is 0 Å². The smallest absolute Gasteiger partial charge is 0.244 e. The first-order valence-corrected chi connectivity index (χ1v) is 12.7. The number of hydrogen-bond donors (Lipinski definition) is 1. The number of sulfonamides is 1. The lowest BCUT2D eigenvalue weighted by Gasteiger charge is -2.32. The van der Waals surface area contributed by atoms with E-state index in [1.807, 2.05) is 0 Å². The van der Waals surface area contributed by atoms with Crippen LogP contribution in [0.15, 0.2) is 48.5 Å². The molecule has 0 aliphatic heterocycles. The first kappa shape index (κ1) is 27.0. The van der Waals surface area contributed by atoms with Crippen LogP contribution in [0.4, 0.5) is 10.1 Å². The van der Waals surface area contributed by atoms with Crippen LogP contribution in [0.5, 0.6) is 0 Å². The lowest BCUT2D eigenvalue weighted by molar-refractivity contribution is -0.140. The Hall–Kier alpha value is -3.27. The Bertz CT molecular complexity index is 1140. The number of halogens is 1. The van der Waals surface area contributed by atoms with Crippen molar-refractivity contribution in [2.45, 2.75) is 39.8 Å². The summed E-state index contributed by atoms with van der Waals surface area (Å²) in [7, 11) is -3.91. The molecule has 2 aromatic carbocycles. The molecule has 0 saturated heterocycles. The van der Waals surface area contributed by atoms with Gasteiger partial charge in [0.15, 0.2) is 5.78 Å². The number of rotatable bonds is 11. The number of anilines is 1. The summed E-state index contributed by atoms with van der Waals surface area (Å²) in [4.78, 5) is 39.2. The van der Waals surface area contributed by atoms with E-state index in [0.29, 0.717) is 17.7 Å². The number of hydrogen-bond acceptors (Lipinski definition) is 5. The fourth-order valence-electron chi connectivity index (χ4n) is 3.49. The molecule has 0 radical (unpaired) electrons. The monoisotopic (exact) mass is 491 g/mol. The Morgan fingerprint density at radius 1 is 1.06 bits per heavy atom. The van der Waals surface area contributed by atoms with Crippen LogP contribution < -0.4 is 9.62 Å². The maximum Gasteiger partial charge on any atom is 0.244 e. The van der Waals surface area contributed by atoms with E-state index in [1.54, 1.807) is 19.9 Å². The van der Waals surface area contributed by atoms with Gasteiger partial charge in [0.25, 0.3) is 0 Å². The van der Waals surface area contributed by atoms with Gasteiger partial charge < -0.3 is 10.2 Å². The van der Waals surface area contributed by atoms with Crippen molar-refractivity contribution in [2.75, 3.05) is 23.7 Å². The van der Waals surface area contributed by atoms with E-state index < -0.39 is 34.3 Å². The first-order chi connectivity index (χ1) is 16.0. The predicted molar refractivity (Wildman–Crippen MR) is 128 cm³/mol. The molecular weight excluding hydrogens is 461 g/mol. The third-order valence-corrected chi connectivity index (χ3v) is 6.36. The Morgan fingerprint density at radius 3 is 2.24 bits per heavy atom. The molecule has 8 nitrogen and oxygen atoms in total. The van der Waals surface area contributed by atoms with Crippen molar-refractivity contribution >= 4 is 33.3 Å². The first-order valence-electron chi connectivity index (χ1n) is 10.9. The number of carbonyl (C=O) groups is 3. The number of amides is 2. The number of likely N-dealkylation sites (N-methyl/N-ethyl adjacent to an activating group) is 1. The molecule has 0 aliphatic rings. The fourth-order valence-corrected chi connectivity index (χ4v) is 4.33. The standard InChI is InChI=1S/C24H30FN3O5S/c1-5-22(24(31)26-6-2)27(15-18-10-12-20(25)13-11-18)23(30)16-28(34(4,32)33)21-9-7-8-19(14-21)17(3)29/h7-14,22H,5-6,15-16H2,1-4H3,(H,26,31)/t22-/m0/s1. The molecule has 2 amide bonds. The van der Waals surface area contributed by atoms with Gasteiger partial charge >= 0.3 is 0 Å². The molecule has 10 heteroatoms. The molecule has 2 aromatic rings. The number of nitrogens with zero attached hydrogens (tertiary/aromatic N) is 2. The van der Waals surface area contributed by atoms with Crippen molar-refractivity contribution < 1.29 is 27.2 Å². The van der Waals surface area contributed by atoms with Gasteiger partial charge in [0.2, 0.25) is 21.8 Å². The molecule has 34 heavy (non-hydrogen) atoms. The second kappa shape index (κ2) is 11.7. The topological polar surface area (TPSA) is 104 Å². The maximum atomic E-state index is 13.5. The number of benzene rings is 2. The Balaban J connectivity index is 2.45. The van der Waals surface area contributed by atoms with Crippen LogP contribution in [0.2, 0.25) is 0 Å². The van der Waals surface area contributed by atoms with Gasteiger partial charge in [-0.25, -0.2) is 12.8 Å². The molecule has 2 rings (SSSR count). The zero-order valence-corrected chi connectivity index (χ0v) is 20.6. The summed E-state index contributed by atoms with van der Waals surface area (Å²) in [5.41, 5.74) is 1.05. The lowest BCUT2D eigenvalue weighted by Crippen LogP contribution is -2.52. The molecule has 0 unspecified atom stereocenters. The van der Waals surface area contributed by atoms with Gasteiger partial charge in [-0.2, -0.15) is 0 Å². The quantitative estimate of drug-likeness (QED) is 0.487. The molecule has 0 aromatic heterocycles. The van der Waals surface area contributed by atoms with Gasteiger partial charge in [-0.1, -0.05) is 31.2 Å². The number of ketones is 1. The van der Waals surface area contributed by atoms with E-state index in [4.69, 9.17) is 0 Å². The third-order valence-electron chi connectivity index (χ3n) is 5.22. The second-order valence-corrected chi connectivity index (χ2v) is 9.75. The van der Waals surface area contributed by atoms with Gasteiger partial charge in [0.1, 0.15) is 18.4 Å². The van der Waals surface area contributed by atoms with Gasteiger partial charge in [0.05, 0.1) is 11.9 Å². The van der Waals surface area contributed by atoms with Gasteiger partial charge in [-0.05, 0) is 50.1 Å². The van der Waals surface area contributed by atoms with Gasteiger partial charge in [-0.3, -0.25) is 18.7 Å². The van der Waals surface area contributed by atoms with Crippen molar-refractivity contribution in [2.24, 2.45) is 0 Å². The SMILES string of the molecule is CCNC(=O)[C@H](CC)N(Cc1ccc(F)cc1)C(=O)CN(c1cccc(C(C)=O)c1)S(C)(=O)=O. The van der Waals surface area contributed by atoms with Gasteiger partial charge in [0, 0.05) is 18.7 Å². The van der Waals surface area contributed by atoms with Crippen molar-refractivity contribution in [3.05, 3.63) is 65.5 Å². The van der Waals surface area contributed by atoms with E-state index in [9.17, 15) is 27.2 Å². The highest BCUT2D eigenvalue weighted by Crippen LogP contribution is 2.21. The lowest BCUT2D eigenvalue weighted by atomic mass is 10.1. The van der Waals surface area contributed by atoms with Crippen LogP contribution >= 0.6 is 0 Å². The Morgan fingerprint density at radius 2 is 1.71 bits per heavy atom. The molecule has 0 saturated carbocycles. The highest BCUT2D eigenvalue weighted by atomic mass is 32.2. The zero-order valence-electron chi connectivity index (χ0n) is 19.7. The normalized spacial score (nSPS) is 12.0. The van der Waals surface area contributed by atoms with Crippen molar-refractivity contribution in [3.8, 4) is 0 Å². The summed E-state index contributed by atoms with van der Waals surface area (Å²) in [5, 5.41) is 2.70. The largest absolute Gasteiger partial charge is 0.355 e. The van der Waals surface area contributed by atoms with Crippen LogP contribution in [-0.4, -0.2) is 56.3 Å². The molecule has 1 N–H and O–H groups in total. The summed E-state index contributed by atoms with van der Waals surface area (Å²) >= 11 is 0. The van der Waals surface area contributed by atoms with Crippen molar-refractivity contribution in [1.29, 1.82) is 0 Å². The maximum absolute atomic E-state index is 13.5. The second-order valence-electron chi connectivity index (χ2n) is 7.84. The minimum absolute atomic E-state index is 0.0140. The van der Waals surface area contributed by atoms with Crippen LogP contribution in [0.1, 0.15) is 43.1 Å². The highest BCUT2D eigenvalue weighted by molar-refractivity contribution is 7.92. The minimum Gasteiger partial charge on any atom is -0.355 e. The van der Waals surface area contributed by atoms with Crippen LogP contribution in [0, 0.1) is 5.82 Å². The average Bonchev–Trinajstić information content (AvgIpc) is 2.78. The highest BCUT2D eigenvalue weighted by Gasteiger charge is 2.31. The summed E-state index contributed by atoms with van der Waals surface area (Å²) in [5.74, 6) is -1.67. The third kappa shape index (κ3) is 7.11. The summed E-state index contributed by atoms with van der Waals surface area (Å²) in [6.45, 7) is 4.63. The fraction of sp³-hybridized carbons (Fsp3) is 0.375. The summed E-state index contributed by atoms with van der Waals surface area (Å²) in [6, 6.07) is 10.6. The Kier molecular flexibility index (Phi) is 9.31. The summed E-state index contributed by atoms with van der Waals surface area (Å²) < 4.78 is 39.5. The number of carbonyl (C=O) groups excluding carboxylic acids is 3. The average molecular weight is 492 g/mol. The van der Waals surface area contributed by atoms with E-state index in [2.05, 4.69) is 5.32 Å². The molecule has 0 aliphatic carbocycles. The summed E-state index contributed by atoms with van der Waals surface area (Å²) in [6.07, 6.45) is 1.25. The Labute approximate surface area is 199 Å². The number of nitrogens with one attached hydrogen (secondary N) is 1. The minimum atomic E-state index is -3.91. The van der Waals surface area contributed by atoms with Crippen LogP contribution in [0.3, 0.4) is 0 Å². The van der Waals surface area contributed by atoms with E-state index in [-0.39, 0.29) is 30.3 Å². The molecule has 0 heterocycles. The van der Waals surface area contributed by atoms with Crippen LogP contribution in [0.25, 0.3) is 0 Å². The van der Waals surface area contributed by atoms with Crippen molar-refractivity contribution in [3.63, 3.8) is 0 Å². The molecule has 0 spiro atoms.